The summed E-state index contributed by atoms with van der Waals surface area (Å²) in [5, 5.41) is 14.7. The van der Waals surface area contributed by atoms with E-state index < -0.39 is 5.97 Å². The van der Waals surface area contributed by atoms with Crippen molar-refractivity contribution >= 4 is 17.6 Å². The number of carbonyl (C=O) groups is 1. The van der Waals surface area contributed by atoms with E-state index in [1.54, 1.807) is 0 Å². The molecule has 0 saturated heterocycles. The highest BCUT2D eigenvalue weighted by Crippen LogP contribution is 2.11. The maximum Gasteiger partial charge on any atom is 0.309 e. The first-order chi connectivity index (χ1) is 4.70. The van der Waals surface area contributed by atoms with Gasteiger partial charge in [-0.15, -0.1) is 0 Å². The number of H-pyrrole nitrogens is 1. The van der Waals surface area contributed by atoms with Crippen molar-refractivity contribution in [3.63, 3.8) is 0 Å². The molecule has 1 aromatic rings. The highest BCUT2D eigenvalue weighted by atomic mass is 35.5. The molecule has 4 nitrogen and oxygen atoms in total. The van der Waals surface area contributed by atoms with Crippen LogP contribution < -0.4 is 0 Å². The second-order valence-corrected chi connectivity index (χ2v) is 2.17. The van der Waals surface area contributed by atoms with Crippen LogP contribution in [0.2, 0.25) is 5.02 Å². The average Bonchev–Trinajstić information content (AvgIpc) is 2.15. The normalized spacial score (nSPS) is 9.70. The number of rotatable bonds is 2. The third kappa shape index (κ3) is 1.48. The number of hydrogen-bond donors (Lipinski definition) is 2. The minimum atomic E-state index is -0.925. The molecule has 0 amide bonds. The molecule has 0 fully saturated rings. The van der Waals surface area contributed by atoms with Crippen LogP contribution in [0.1, 0.15) is 5.69 Å². The molecular formula is C5H5ClN2O2. The molecule has 1 heterocycles. The van der Waals surface area contributed by atoms with Crippen LogP contribution in [-0.2, 0) is 11.2 Å². The van der Waals surface area contributed by atoms with Gasteiger partial charge in [0.05, 0.1) is 23.3 Å². The van der Waals surface area contributed by atoms with Crippen molar-refractivity contribution in [2.45, 2.75) is 6.42 Å². The van der Waals surface area contributed by atoms with E-state index in [4.69, 9.17) is 16.7 Å². The molecule has 5 heteroatoms. The number of carboxylic acids is 1. The first-order valence-electron chi connectivity index (χ1n) is 2.59. The summed E-state index contributed by atoms with van der Waals surface area (Å²) in [7, 11) is 0. The Balaban J connectivity index is 2.74. The summed E-state index contributed by atoms with van der Waals surface area (Å²) >= 11 is 5.53. The lowest BCUT2D eigenvalue weighted by molar-refractivity contribution is -0.136. The van der Waals surface area contributed by atoms with Crippen molar-refractivity contribution in [2.24, 2.45) is 0 Å². The summed E-state index contributed by atoms with van der Waals surface area (Å²) in [5.41, 5.74) is 0.439. The molecule has 10 heavy (non-hydrogen) atoms. The number of aromatic amines is 1. The minimum absolute atomic E-state index is 0.112. The molecule has 0 atom stereocenters. The summed E-state index contributed by atoms with van der Waals surface area (Å²) in [6.45, 7) is 0. The average molecular weight is 161 g/mol. The van der Waals surface area contributed by atoms with Gasteiger partial charge in [-0.05, 0) is 0 Å². The largest absolute Gasteiger partial charge is 0.481 e. The van der Waals surface area contributed by atoms with Crippen LogP contribution in [-0.4, -0.2) is 21.3 Å². The van der Waals surface area contributed by atoms with Gasteiger partial charge in [-0.1, -0.05) is 11.6 Å². The molecule has 0 bridgehead atoms. The third-order valence-electron chi connectivity index (χ3n) is 0.994. The highest BCUT2D eigenvalue weighted by molar-refractivity contribution is 6.31. The molecule has 0 aliphatic heterocycles. The molecule has 1 rings (SSSR count). The molecule has 0 saturated carbocycles. The van der Waals surface area contributed by atoms with Crippen molar-refractivity contribution in [1.82, 2.24) is 10.2 Å². The summed E-state index contributed by atoms with van der Waals surface area (Å²) in [4.78, 5) is 10.1. The maximum absolute atomic E-state index is 10.1. The predicted molar refractivity (Wildman–Crippen MR) is 34.9 cm³/mol. The van der Waals surface area contributed by atoms with E-state index in [0.29, 0.717) is 10.7 Å². The lowest BCUT2D eigenvalue weighted by Crippen LogP contribution is -2.00. The van der Waals surface area contributed by atoms with E-state index >= 15 is 0 Å². The molecule has 0 aliphatic carbocycles. The van der Waals surface area contributed by atoms with Gasteiger partial charge in [0.1, 0.15) is 0 Å². The highest BCUT2D eigenvalue weighted by Gasteiger charge is 2.05. The molecule has 0 aromatic carbocycles. The van der Waals surface area contributed by atoms with Crippen LogP contribution in [0.15, 0.2) is 6.20 Å². The number of halogens is 1. The van der Waals surface area contributed by atoms with Crippen LogP contribution in [0, 0.1) is 0 Å². The number of nitrogens with one attached hydrogen (secondary N) is 1. The van der Waals surface area contributed by atoms with Gasteiger partial charge in [-0.3, -0.25) is 9.89 Å². The number of aromatic nitrogens is 2. The van der Waals surface area contributed by atoms with Crippen molar-refractivity contribution < 1.29 is 9.90 Å². The molecule has 2 N–H and O–H groups in total. The first kappa shape index (κ1) is 7.08. The quantitative estimate of drug-likeness (QED) is 0.669. The lowest BCUT2D eigenvalue weighted by atomic mass is 10.3. The number of nitrogens with zero attached hydrogens (tertiary/aromatic N) is 1. The Morgan fingerprint density at radius 2 is 2.60 bits per heavy atom. The van der Waals surface area contributed by atoms with E-state index in [1.807, 2.05) is 0 Å². The van der Waals surface area contributed by atoms with Crippen LogP contribution in [0.3, 0.4) is 0 Å². The standard InChI is InChI=1S/C5H5ClN2O2/c6-3-2-7-8-4(3)1-5(9)10/h2H,1H2,(H,7,8)(H,9,10). The van der Waals surface area contributed by atoms with E-state index in [2.05, 4.69) is 10.2 Å². The number of carboxylic acid groups (broad SMARTS) is 1. The molecule has 0 unspecified atom stereocenters. The van der Waals surface area contributed by atoms with Crippen molar-refractivity contribution in [3.05, 3.63) is 16.9 Å². The zero-order valence-corrected chi connectivity index (χ0v) is 5.72. The van der Waals surface area contributed by atoms with E-state index in [9.17, 15) is 4.79 Å². The summed E-state index contributed by atoms with van der Waals surface area (Å²) in [6.07, 6.45) is 1.26. The fourth-order valence-corrected chi connectivity index (χ4v) is 0.731. The molecule has 0 radical (unpaired) electrons. The Hall–Kier alpha value is -1.03. The van der Waals surface area contributed by atoms with Crippen LogP contribution in [0.5, 0.6) is 0 Å². The summed E-state index contributed by atoms with van der Waals surface area (Å²) in [6, 6.07) is 0. The van der Waals surface area contributed by atoms with Gasteiger partial charge in [-0.25, -0.2) is 0 Å². The molecule has 54 valence electrons. The SMILES string of the molecule is O=C(O)Cc1[nH]ncc1Cl. The smallest absolute Gasteiger partial charge is 0.309 e. The van der Waals surface area contributed by atoms with Crippen LogP contribution >= 0.6 is 11.6 Å². The molecule has 1 aromatic heterocycles. The molecular weight excluding hydrogens is 156 g/mol. The Labute approximate surface area is 61.8 Å². The van der Waals surface area contributed by atoms with Crippen molar-refractivity contribution in [2.75, 3.05) is 0 Å². The number of hydrogen-bond acceptors (Lipinski definition) is 2. The Bertz CT molecular complexity index is 246. The first-order valence-corrected chi connectivity index (χ1v) is 2.97. The predicted octanol–water partition coefficient (Wildman–Crippen LogP) is 0.690. The summed E-state index contributed by atoms with van der Waals surface area (Å²) in [5.74, 6) is -0.925. The van der Waals surface area contributed by atoms with E-state index in [0.717, 1.165) is 0 Å². The van der Waals surface area contributed by atoms with Crippen molar-refractivity contribution in [1.29, 1.82) is 0 Å². The van der Waals surface area contributed by atoms with Gasteiger partial charge < -0.3 is 5.11 Å². The zero-order chi connectivity index (χ0) is 7.56. The fourth-order valence-electron chi connectivity index (χ4n) is 0.573. The monoisotopic (exact) mass is 160 g/mol. The summed E-state index contributed by atoms with van der Waals surface area (Å²) < 4.78 is 0. The topological polar surface area (TPSA) is 66.0 Å². The zero-order valence-electron chi connectivity index (χ0n) is 4.97. The van der Waals surface area contributed by atoms with E-state index in [-0.39, 0.29) is 6.42 Å². The fraction of sp³-hybridized carbons (Fsp3) is 0.200. The van der Waals surface area contributed by atoms with Gasteiger partial charge in [0.15, 0.2) is 0 Å². The lowest BCUT2D eigenvalue weighted by Gasteiger charge is -1.89. The maximum atomic E-state index is 10.1. The Kier molecular flexibility index (Phi) is 1.91. The van der Waals surface area contributed by atoms with Gasteiger partial charge in [-0.2, -0.15) is 5.10 Å². The second-order valence-electron chi connectivity index (χ2n) is 1.77. The minimum Gasteiger partial charge on any atom is -0.481 e. The van der Waals surface area contributed by atoms with Gasteiger partial charge >= 0.3 is 5.97 Å². The van der Waals surface area contributed by atoms with Gasteiger partial charge in [0, 0.05) is 0 Å². The van der Waals surface area contributed by atoms with Crippen LogP contribution in [0.25, 0.3) is 0 Å². The van der Waals surface area contributed by atoms with Crippen LogP contribution in [0.4, 0.5) is 0 Å². The number of aliphatic carboxylic acids is 1. The Morgan fingerprint density at radius 1 is 1.90 bits per heavy atom. The third-order valence-corrected chi connectivity index (χ3v) is 1.32. The van der Waals surface area contributed by atoms with Crippen molar-refractivity contribution in [3.8, 4) is 0 Å². The second kappa shape index (κ2) is 2.70. The molecule has 0 spiro atoms. The van der Waals surface area contributed by atoms with Gasteiger partial charge in [0.25, 0.3) is 0 Å². The Morgan fingerprint density at radius 3 is 3.00 bits per heavy atom. The van der Waals surface area contributed by atoms with Gasteiger partial charge in [0.2, 0.25) is 0 Å². The van der Waals surface area contributed by atoms with E-state index in [1.165, 1.54) is 6.20 Å². The molecule has 0 aliphatic rings.